The highest BCUT2D eigenvalue weighted by Gasteiger charge is 2.07. The predicted octanol–water partition coefficient (Wildman–Crippen LogP) is 3.55. The van der Waals surface area contributed by atoms with Crippen LogP contribution in [0.4, 0.5) is 0 Å². The summed E-state index contributed by atoms with van der Waals surface area (Å²) in [7, 11) is 1.70. The lowest BCUT2D eigenvalue weighted by molar-refractivity contribution is 0.131. The fourth-order valence-corrected chi connectivity index (χ4v) is 2.03. The Balaban J connectivity index is 2.31. The van der Waals surface area contributed by atoms with Gasteiger partial charge in [-0.3, -0.25) is 0 Å². The minimum absolute atomic E-state index is 0.414. The van der Waals surface area contributed by atoms with Crippen molar-refractivity contribution < 1.29 is 9.47 Å². The van der Waals surface area contributed by atoms with Crippen LogP contribution in [0, 0.1) is 0 Å². The van der Waals surface area contributed by atoms with Crippen molar-refractivity contribution >= 4 is 0 Å². The molecular formula is C16H27NO2. The van der Waals surface area contributed by atoms with Gasteiger partial charge < -0.3 is 14.8 Å². The summed E-state index contributed by atoms with van der Waals surface area (Å²) in [5, 5.41) is 3.58. The Labute approximate surface area is 117 Å². The van der Waals surface area contributed by atoms with Crippen LogP contribution in [0.3, 0.4) is 0 Å². The largest absolute Gasteiger partial charge is 0.497 e. The van der Waals surface area contributed by atoms with Crippen LogP contribution in [0.2, 0.25) is 0 Å². The molecule has 0 aliphatic heterocycles. The van der Waals surface area contributed by atoms with Crippen molar-refractivity contribution in [2.24, 2.45) is 0 Å². The molecule has 3 nitrogen and oxygen atoms in total. The topological polar surface area (TPSA) is 30.5 Å². The van der Waals surface area contributed by atoms with E-state index in [1.165, 1.54) is 5.56 Å². The summed E-state index contributed by atoms with van der Waals surface area (Å²) in [6, 6.07) is 8.71. The molecule has 0 saturated heterocycles. The minimum atomic E-state index is 0.414. The van der Waals surface area contributed by atoms with E-state index in [1.54, 1.807) is 7.11 Å². The molecule has 1 aromatic rings. The van der Waals surface area contributed by atoms with E-state index in [4.69, 9.17) is 9.47 Å². The summed E-state index contributed by atoms with van der Waals surface area (Å²) < 4.78 is 10.7. The number of nitrogens with one attached hydrogen (secondary N) is 1. The van der Waals surface area contributed by atoms with Crippen LogP contribution in [0.15, 0.2) is 24.3 Å². The molecule has 0 aliphatic rings. The Morgan fingerprint density at radius 3 is 2.42 bits per heavy atom. The molecule has 1 aromatic carbocycles. The zero-order valence-corrected chi connectivity index (χ0v) is 12.4. The van der Waals surface area contributed by atoms with Crippen LogP contribution < -0.4 is 10.1 Å². The summed E-state index contributed by atoms with van der Waals surface area (Å²) in [6.07, 6.45) is 3.24. The monoisotopic (exact) mass is 265 g/mol. The second-order valence-corrected chi connectivity index (χ2v) is 4.65. The third kappa shape index (κ3) is 6.08. The average molecular weight is 265 g/mol. The zero-order chi connectivity index (χ0) is 13.9. The molecule has 0 heterocycles. The van der Waals surface area contributed by atoms with Gasteiger partial charge in [-0.1, -0.05) is 26.0 Å². The molecule has 108 valence electrons. The van der Waals surface area contributed by atoms with Crippen LogP contribution in [0.1, 0.15) is 44.7 Å². The smallest absolute Gasteiger partial charge is 0.118 e. The molecule has 19 heavy (non-hydrogen) atoms. The number of hydrogen-bond acceptors (Lipinski definition) is 3. The van der Waals surface area contributed by atoms with Gasteiger partial charge in [0, 0.05) is 19.3 Å². The molecule has 0 aliphatic carbocycles. The Morgan fingerprint density at radius 2 is 1.84 bits per heavy atom. The van der Waals surface area contributed by atoms with E-state index < -0.39 is 0 Å². The third-order valence-corrected chi connectivity index (χ3v) is 3.13. The van der Waals surface area contributed by atoms with Crippen molar-refractivity contribution in [2.45, 2.75) is 39.2 Å². The van der Waals surface area contributed by atoms with E-state index in [1.807, 2.05) is 12.1 Å². The number of rotatable bonds is 10. The van der Waals surface area contributed by atoms with Crippen molar-refractivity contribution in [1.82, 2.24) is 5.32 Å². The minimum Gasteiger partial charge on any atom is -0.497 e. The maximum Gasteiger partial charge on any atom is 0.118 e. The first-order valence-corrected chi connectivity index (χ1v) is 7.26. The number of ether oxygens (including phenoxy) is 2. The summed E-state index contributed by atoms with van der Waals surface area (Å²) in [5.41, 5.74) is 1.32. The van der Waals surface area contributed by atoms with E-state index in [0.29, 0.717) is 6.04 Å². The van der Waals surface area contributed by atoms with E-state index >= 15 is 0 Å². The second kappa shape index (κ2) is 9.82. The molecule has 0 fully saturated rings. The van der Waals surface area contributed by atoms with Gasteiger partial charge in [-0.05, 0) is 43.5 Å². The lowest BCUT2D eigenvalue weighted by Gasteiger charge is -2.17. The van der Waals surface area contributed by atoms with Gasteiger partial charge in [-0.15, -0.1) is 0 Å². The lowest BCUT2D eigenvalue weighted by atomic mass is 10.0. The highest BCUT2D eigenvalue weighted by Crippen LogP contribution is 2.19. The fourth-order valence-electron chi connectivity index (χ4n) is 2.03. The molecule has 0 radical (unpaired) electrons. The van der Waals surface area contributed by atoms with Gasteiger partial charge in [0.2, 0.25) is 0 Å². The van der Waals surface area contributed by atoms with Gasteiger partial charge in [0.25, 0.3) is 0 Å². The second-order valence-electron chi connectivity index (χ2n) is 4.65. The summed E-state index contributed by atoms with van der Waals surface area (Å²) in [4.78, 5) is 0. The first kappa shape index (κ1) is 16.0. The van der Waals surface area contributed by atoms with Crippen LogP contribution in [-0.2, 0) is 4.74 Å². The number of benzene rings is 1. The van der Waals surface area contributed by atoms with Crippen LogP contribution in [0.5, 0.6) is 5.75 Å². The van der Waals surface area contributed by atoms with Gasteiger partial charge in [0.05, 0.1) is 7.11 Å². The standard InChI is InChI=1S/C16H27NO2/c1-4-12-19-13-6-11-17-16(5-2)14-7-9-15(18-3)10-8-14/h7-10,16-17H,4-6,11-13H2,1-3H3. The zero-order valence-electron chi connectivity index (χ0n) is 12.4. The molecule has 0 aromatic heterocycles. The summed E-state index contributed by atoms with van der Waals surface area (Å²) >= 11 is 0. The average Bonchev–Trinajstić information content (AvgIpc) is 2.47. The van der Waals surface area contributed by atoms with Crippen molar-refractivity contribution in [3.8, 4) is 5.75 Å². The summed E-state index contributed by atoms with van der Waals surface area (Å²) in [6.45, 7) is 7.05. The highest BCUT2D eigenvalue weighted by molar-refractivity contribution is 5.29. The normalized spacial score (nSPS) is 12.4. The Bertz CT molecular complexity index is 324. The van der Waals surface area contributed by atoms with Crippen molar-refractivity contribution in [1.29, 1.82) is 0 Å². The van der Waals surface area contributed by atoms with Gasteiger partial charge in [0.15, 0.2) is 0 Å². The van der Waals surface area contributed by atoms with E-state index in [0.717, 1.165) is 44.8 Å². The predicted molar refractivity (Wildman–Crippen MR) is 79.8 cm³/mol. The molecule has 0 bridgehead atoms. The van der Waals surface area contributed by atoms with E-state index in [2.05, 4.69) is 31.3 Å². The Hall–Kier alpha value is -1.06. The van der Waals surface area contributed by atoms with Crippen LogP contribution >= 0.6 is 0 Å². The third-order valence-electron chi connectivity index (χ3n) is 3.13. The quantitative estimate of drug-likeness (QED) is 0.656. The Kier molecular flexibility index (Phi) is 8.26. The molecule has 1 rings (SSSR count). The molecule has 1 N–H and O–H groups in total. The number of methoxy groups -OCH3 is 1. The fraction of sp³-hybridized carbons (Fsp3) is 0.625. The lowest BCUT2D eigenvalue weighted by Crippen LogP contribution is -2.22. The summed E-state index contributed by atoms with van der Waals surface area (Å²) in [5.74, 6) is 0.909. The van der Waals surface area contributed by atoms with Crippen molar-refractivity contribution in [3.05, 3.63) is 29.8 Å². The SMILES string of the molecule is CCCOCCCNC(CC)c1ccc(OC)cc1. The molecular weight excluding hydrogens is 238 g/mol. The molecule has 0 saturated carbocycles. The first-order valence-electron chi connectivity index (χ1n) is 7.26. The number of hydrogen-bond donors (Lipinski definition) is 1. The maximum absolute atomic E-state index is 5.48. The maximum atomic E-state index is 5.48. The first-order chi connectivity index (χ1) is 9.31. The molecule has 1 unspecified atom stereocenters. The molecule has 3 heteroatoms. The molecule has 1 atom stereocenters. The van der Waals surface area contributed by atoms with Gasteiger partial charge in [-0.25, -0.2) is 0 Å². The Morgan fingerprint density at radius 1 is 1.11 bits per heavy atom. The van der Waals surface area contributed by atoms with Gasteiger partial charge in [-0.2, -0.15) is 0 Å². The van der Waals surface area contributed by atoms with Crippen molar-refractivity contribution in [2.75, 3.05) is 26.9 Å². The van der Waals surface area contributed by atoms with Gasteiger partial charge >= 0.3 is 0 Å². The van der Waals surface area contributed by atoms with E-state index in [9.17, 15) is 0 Å². The van der Waals surface area contributed by atoms with Crippen LogP contribution in [-0.4, -0.2) is 26.9 Å². The van der Waals surface area contributed by atoms with Crippen molar-refractivity contribution in [3.63, 3.8) is 0 Å². The highest BCUT2D eigenvalue weighted by atomic mass is 16.5. The molecule has 0 spiro atoms. The van der Waals surface area contributed by atoms with E-state index in [-0.39, 0.29) is 0 Å². The van der Waals surface area contributed by atoms with Crippen LogP contribution in [0.25, 0.3) is 0 Å². The molecule has 0 amide bonds. The van der Waals surface area contributed by atoms with Gasteiger partial charge in [0.1, 0.15) is 5.75 Å².